The number of halogens is 3. The van der Waals surface area contributed by atoms with Gasteiger partial charge in [0.2, 0.25) is 0 Å². The van der Waals surface area contributed by atoms with E-state index in [1.54, 1.807) is 12.1 Å². The molecule has 2 rings (SSSR count). The van der Waals surface area contributed by atoms with E-state index in [0.717, 1.165) is 12.8 Å². The maximum Gasteiger partial charge on any atom is 0.573 e. The second-order valence-electron chi connectivity index (χ2n) is 5.46. The molecular formula is C14H18F3NO2. The van der Waals surface area contributed by atoms with Gasteiger partial charge in [-0.05, 0) is 38.8 Å². The Balaban J connectivity index is 1.96. The Morgan fingerprint density at radius 3 is 2.65 bits per heavy atom. The minimum atomic E-state index is -4.69. The standard InChI is InChI=1S/C14H18F3NO2/c1-13(2)8-7-10(19-13)9-18-11-5-3-4-6-12(11)20-14(15,16)17/h3-6,10,18H,7-9H2,1-2H3. The number of hydrogen-bond donors (Lipinski definition) is 1. The lowest BCUT2D eigenvalue weighted by Gasteiger charge is -2.20. The summed E-state index contributed by atoms with van der Waals surface area (Å²) in [6, 6.07) is 6.00. The zero-order valence-corrected chi connectivity index (χ0v) is 11.5. The van der Waals surface area contributed by atoms with Crippen molar-refractivity contribution in [2.75, 3.05) is 11.9 Å². The summed E-state index contributed by atoms with van der Waals surface area (Å²) in [6.45, 7) is 4.48. The van der Waals surface area contributed by atoms with Gasteiger partial charge in [-0.2, -0.15) is 0 Å². The largest absolute Gasteiger partial charge is 0.573 e. The molecule has 0 radical (unpaired) electrons. The van der Waals surface area contributed by atoms with E-state index in [-0.39, 0.29) is 17.5 Å². The van der Waals surface area contributed by atoms with Gasteiger partial charge in [-0.25, -0.2) is 0 Å². The average molecular weight is 289 g/mol. The van der Waals surface area contributed by atoms with E-state index in [9.17, 15) is 13.2 Å². The molecule has 0 aromatic heterocycles. The quantitative estimate of drug-likeness (QED) is 0.910. The highest BCUT2D eigenvalue weighted by atomic mass is 19.4. The molecule has 1 aliphatic heterocycles. The van der Waals surface area contributed by atoms with Crippen LogP contribution in [0, 0.1) is 0 Å². The fourth-order valence-corrected chi connectivity index (χ4v) is 2.27. The second kappa shape index (κ2) is 5.52. The first-order valence-electron chi connectivity index (χ1n) is 6.52. The molecule has 0 saturated carbocycles. The fraction of sp³-hybridized carbons (Fsp3) is 0.571. The molecule has 0 bridgehead atoms. The predicted molar refractivity (Wildman–Crippen MR) is 69.8 cm³/mol. The van der Waals surface area contributed by atoms with Gasteiger partial charge in [-0.15, -0.1) is 13.2 Å². The van der Waals surface area contributed by atoms with Crippen molar-refractivity contribution < 1.29 is 22.6 Å². The van der Waals surface area contributed by atoms with Crippen molar-refractivity contribution in [1.82, 2.24) is 0 Å². The Labute approximate surface area is 116 Å². The number of ether oxygens (including phenoxy) is 2. The van der Waals surface area contributed by atoms with E-state index in [2.05, 4.69) is 10.1 Å². The van der Waals surface area contributed by atoms with Crippen LogP contribution in [0.15, 0.2) is 24.3 Å². The van der Waals surface area contributed by atoms with Crippen LogP contribution in [-0.2, 0) is 4.74 Å². The highest BCUT2D eigenvalue weighted by Gasteiger charge is 2.33. The van der Waals surface area contributed by atoms with Gasteiger partial charge in [0.15, 0.2) is 5.75 Å². The van der Waals surface area contributed by atoms with Gasteiger partial charge in [0, 0.05) is 6.54 Å². The van der Waals surface area contributed by atoms with E-state index < -0.39 is 6.36 Å². The first-order valence-corrected chi connectivity index (χ1v) is 6.52. The number of alkyl halides is 3. The maximum absolute atomic E-state index is 12.3. The van der Waals surface area contributed by atoms with Crippen molar-refractivity contribution in [2.45, 2.75) is 44.8 Å². The van der Waals surface area contributed by atoms with Gasteiger partial charge in [0.25, 0.3) is 0 Å². The summed E-state index contributed by atoms with van der Waals surface area (Å²) in [7, 11) is 0. The summed E-state index contributed by atoms with van der Waals surface area (Å²) in [5, 5.41) is 2.97. The summed E-state index contributed by atoms with van der Waals surface area (Å²) in [5.74, 6) is -0.225. The third kappa shape index (κ3) is 4.30. The molecule has 1 saturated heterocycles. The Bertz CT molecular complexity index is 460. The molecule has 20 heavy (non-hydrogen) atoms. The summed E-state index contributed by atoms with van der Waals surface area (Å²) >= 11 is 0. The second-order valence-corrected chi connectivity index (χ2v) is 5.46. The van der Waals surface area contributed by atoms with Crippen LogP contribution in [-0.4, -0.2) is 24.6 Å². The van der Waals surface area contributed by atoms with Crippen LogP contribution >= 0.6 is 0 Å². The molecule has 1 unspecified atom stereocenters. The zero-order chi connectivity index (χ0) is 14.8. The number of hydrogen-bond acceptors (Lipinski definition) is 3. The average Bonchev–Trinajstić information content (AvgIpc) is 2.66. The maximum atomic E-state index is 12.3. The number of rotatable bonds is 4. The normalized spacial score (nSPS) is 21.8. The van der Waals surface area contributed by atoms with E-state index in [1.165, 1.54) is 12.1 Å². The van der Waals surface area contributed by atoms with Gasteiger partial charge in [0.1, 0.15) is 0 Å². The number of nitrogens with one attached hydrogen (secondary N) is 1. The Morgan fingerprint density at radius 1 is 1.35 bits per heavy atom. The molecule has 0 amide bonds. The topological polar surface area (TPSA) is 30.5 Å². The monoisotopic (exact) mass is 289 g/mol. The van der Waals surface area contributed by atoms with Gasteiger partial charge >= 0.3 is 6.36 Å². The molecule has 1 fully saturated rings. The minimum absolute atomic E-state index is 0.00365. The molecule has 1 N–H and O–H groups in total. The van der Waals surface area contributed by atoms with Gasteiger partial charge in [0.05, 0.1) is 17.4 Å². The van der Waals surface area contributed by atoms with Crippen molar-refractivity contribution in [3.05, 3.63) is 24.3 Å². The summed E-state index contributed by atoms with van der Waals surface area (Å²) in [6.07, 6.45) is -2.85. The van der Waals surface area contributed by atoms with E-state index >= 15 is 0 Å². The summed E-state index contributed by atoms with van der Waals surface area (Å²) < 4.78 is 46.6. The van der Waals surface area contributed by atoms with Crippen LogP contribution in [0.1, 0.15) is 26.7 Å². The van der Waals surface area contributed by atoms with Crippen molar-refractivity contribution >= 4 is 5.69 Å². The van der Waals surface area contributed by atoms with Crippen LogP contribution in [0.2, 0.25) is 0 Å². The number of anilines is 1. The molecule has 1 aromatic carbocycles. The highest BCUT2D eigenvalue weighted by Crippen LogP contribution is 2.32. The van der Waals surface area contributed by atoms with Crippen molar-refractivity contribution in [2.24, 2.45) is 0 Å². The summed E-state index contributed by atoms with van der Waals surface area (Å²) in [4.78, 5) is 0. The molecule has 1 aliphatic rings. The molecule has 1 heterocycles. The van der Waals surface area contributed by atoms with Gasteiger partial charge in [-0.3, -0.25) is 0 Å². The van der Waals surface area contributed by atoms with Crippen LogP contribution < -0.4 is 10.1 Å². The lowest BCUT2D eigenvalue weighted by molar-refractivity contribution is -0.274. The Morgan fingerprint density at radius 2 is 2.05 bits per heavy atom. The summed E-state index contributed by atoms with van der Waals surface area (Å²) in [5.41, 5.74) is 0.159. The lowest BCUT2D eigenvalue weighted by atomic mass is 10.1. The van der Waals surface area contributed by atoms with Crippen LogP contribution in [0.25, 0.3) is 0 Å². The van der Waals surface area contributed by atoms with Crippen molar-refractivity contribution in [3.63, 3.8) is 0 Å². The molecule has 112 valence electrons. The van der Waals surface area contributed by atoms with Gasteiger partial charge < -0.3 is 14.8 Å². The fourth-order valence-electron chi connectivity index (χ4n) is 2.27. The third-order valence-electron chi connectivity index (χ3n) is 3.19. The molecule has 0 aliphatic carbocycles. The highest BCUT2D eigenvalue weighted by molar-refractivity contribution is 5.56. The molecule has 3 nitrogen and oxygen atoms in total. The predicted octanol–water partition coefficient (Wildman–Crippen LogP) is 3.95. The van der Waals surface area contributed by atoms with E-state index in [4.69, 9.17) is 4.74 Å². The first kappa shape index (κ1) is 15.0. The van der Waals surface area contributed by atoms with Crippen molar-refractivity contribution in [3.8, 4) is 5.75 Å². The molecule has 1 aromatic rings. The van der Waals surface area contributed by atoms with E-state index in [1.807, 2.05) is 13.8 Å². The van der Waals surface area contributed by atoms with Gasteiger partial charge in [-0.1, -0.05) is 12.1 Å². The van der Waals surface area contributed by atoms with Crippen LogP contribution in [0.4, 0.5) is 18.9 Å². The SMILES string of the molecule is CC1(C)CCC(CNc2ccccc2OC(F)(F)F)O1. The Kier molecular flexibility index (Phi) is 4.13. The first-order chi connectivity index (χ1) is 9.25. The zero-order valence-electron chi connectivity index (χ0n) is 11.5. The smallest absolute Gasteiger partial charge is 0.404 e. The third-order valence-corrected chi connectivity index (χ3v) is 3.19. The minimum Gasteiger partial charge on any atom is -0.404 e. The van der Waals surface area contributed by atoms with E-state index in [0.29, 0.717) is 12.2 Å². The number of para-hydroxylation sites is 2. The molecule has 0 spiro atoms. The Hall–Kier alpha value is -1.43. The lowest BCUT2D eigenvalue weighted by Crippen LogP contribution is -2.25. The van der Waals surface area contributed by atoms with Crippen molar-refractivity contribution in [1.29, 1.82) is 0 Å². The van der Waals surface area contributed by atoms with Crippen LogP contribution in [0.5, 0.6) is 5.75 Å². The molecular weight excluding hydrogens is 271 g/mol. The molecule has 1 atom stereocenters. The number of benzene rings is 1. The van der Waals surface area contributed by atoms with Crippen LogP contribution in [0.3, 0.4) is 0 Å². The molecule has 6 heteroatoms.